The molecule has 0 N–H and O–H groups in total. The lowest BCUT2D eigenvalue weighted by Crippen LogP contribution is -2.30. The van der Waals surface area contributed by atoms with Gasteiger partial charge in [0.05, 0.1) is 0 Å². The molecule has 0 heterocycles. The highest BCUT2D eigenvalue weighted by atomic mass is 16.6. The number of allylic oxidation sites excluding steroid dienone is 12. The van der Waals surface area contributed by atoms with Crippen molar-refractivity contribution in [3.8, 4) is 0 Å². The van der Waals surface area contributed by atoms with Crippen LogP contribution >= 0.6 is 0 Å². The molecule has 0 fully saturated rings. The maximum absolute atomic E-state index is 12.8. The molecule has 1 atom stereocenters. The summed E-state index contributed by atoms with van der Waals surface area (Å²) >= 11 is 0. The average Bonchev–Trinajstić information content (AvgIpc) is 3.24. The Bertz CT molecular complexity index is 1140. The predicted molar refractivity (Wildman–Crippen MR) is 256 cm³/mol. The standard InChI is InChI=1S/C54H92O6/c1-4-7-10-13-16-19-22-24-26-27-29-30-32-35-38-41-44-47-53(56)59-50-51(49-58-52(55)46-43-40-37-34-21-18-15-12-9-6-3)60-54(57)48-45-42-39-36-33-31-28-25-23-20-17-14-11-8-5-2/h16-17,19-20,23-26,29-30,35,38,51H,4-15,18,21-22,27-28,31-34,36-37,39-50H2,1-3H3/b19-16-,20-17-,25-23-,26-24-,30-29-,38-35-. The summed E-state index contributed by atoms with van der Waals surface area (Å²) in [7, 11) is 0. The molecule has 0 aliphatic carbocycles. The van der Waals surface area contributed by atoms with Crippen LogP contribution in [0.2, 0.25) is 0 Å². The maximum atomic E-state index is 12.8. The van der Waals surface area contributed by atoms with Crippen LogP contribution in [0.15, 0.2) is 72.9 Å². The lowest BCUT2D eigenvalue weighted by molar-refractivity contribution is -0.167. The molecule has 0 saturated heterocycles. The third-order valence-corrected chi connectivity index (χ3v) is 10.5. The molecule has 0 radical (unpaired) electrons. The van der Waals surface area contributed by atoms with Gasteiger partial charge in [0.25, 0.3) is 0 Å². The van der Waals surface area contributed by atoms with Gasteiger partial charge in [-0.3, -0.25) is 14.4 Å². The Morgan fingerprint density at radius 2 is 0.667 bits per heavy atom. The van der Waals surface area contributed by atoms with Crippen LogP contribution in [-0.2, 0) is 28.6 Å². The molecule has 344 valence electrons. The molecule has 6 heteroatoms. The molecule has 0 saturated carbocycles. The summed E-state index contributed by atoms with van der Waals surface area (Å²) in [5.74, 6) is -0.969. The Morgan fingerprint density at radius 3 is 1.13 bits per heavy atom. The van der Waals surface area contributed by atoms with Crippen LogP contribution in [0.5, 0.6) is 0 Å². The van der Waals surface area contributed by atoms with Gasteiger partial charge in [-0.05, 0) is 83.5 Å². The molecule has 0 rings (SSSR count). The number of ether oxygens (including phenoxy) is 3. The van der Waals surface area contributed by atoms with Gasteiger partial charge in [-0.25, -0.2) is 0 Å². The summed E-state index contributed by atoms with van der Waals surface area (Å²) < 4.78 is 16.7. The fraction of sp³-hybridized carbons (Fsp3) is 0.722. The summed E-state index contributed by atoms with van der Waals surface area (Å²) in [6, 6.07) is 0. The van der Waals surface area contributed by atoms with Crippen molar-refractivity contribution >= 4 is 17.9 Å². The first-order valence-corrected chi connectivity index (χ1v) is 25.0. The van der Waals surface area contributed by atoms with Crippen molar-refractivity contribution in [3.05, 3.63) is 72.9 Å². The lowest BCUT2D eigenvalue weighted by Gasteiger charge is -2.18. The van der Waals surface area contributed by atoms with Gasteiger partial charge in [0, 0.05) is 19.3 Å². The zero-order chi connectivity index (χ0) is 43.7. The van der Waals surface area contributed by atoms with Crippen LogP contribution in [0.1, 0.15) is 233 Å². The molecular weight excluding hydrogens is 745 g/mol. The van der Waals surface area contributed by atoms with Gasteiger partial charge in [0.2, 0.25) is 0 Å². The Hall–Kier alpha value is -3.15. The van der Waals surface area contributed by atoms with E-state index in [1.165, 1.54) is 109 Å². The first-order chi connectivity index (χ1) is 29.5. The molecule has 6 nitrogen and oxygen atoms in total. The second-order valence-corrected chi connectivity index (χ2v) is 16.4. The highest BCUT2D eigenvalue weighted by molar-refractivity contribution is 5.71. The third-order valence-electron chi connectivity index (χ3n) is 10.5. The van der Waals surface area contributed by atoms with E-state index in [9.17, 15) is 14.4 Å². The van der Waals surface area contributed by atoms with Crippen LogP contribution in [0.25, 0.3) is 0 Å². The normalized spacial score (nSPS) is 12.7. The van der Waals surface area contributed by atoms with E-state index >= 15 is 0 Å². The van der Waals surface area contributed by atoms with Gasteiger partial charge in [-0.2, -0.15) is 0 Å². The summed E-state index contributed by atoms with van der Waals surface area (Å²) in [5.41, 5.74) is 0. The number of hydrogen-bond donors (Lipinski definition) is 0. The first-order valence-electron chi connectivity index (χ1n) is 25.0. The highest BCUT2D eigenvalue weighted by Crippen LogP contribution is 2.14. The van der Waals surface area contributed by atoms with Crippen molar-refractivity contribution in [2.24, 2.45) is 0 Å². The molecule has 0 bridgehead atoms. The first kappa shape index (κ1) is 56.9. The van der Waals surface area contributed by atoms with Crippen LogP contribution in [0.3, 0.4) is 0 Å². The van der Waals surface area contributed by atoms with Crippen molar-refractivity contribution in [1.29, 1.82) is 0 Å². The predicted octanol–water partition coefficient (Wildman–Crippen LogP) is 16.3. The molecule has 0 aliphatic rings. The molecule has 0 aromatic carbocycles. The smallest absolute Gasteiger partial charge is 0.306 e. The van der Waals surface area contributed by atoms with Gasteiger partial charge in [0.1, 0.15) is 13.2 Å². The fourth-order valence-corrected chi connectivity index (χ4v) is 6.66. The minimum Gasteiger partial charge on any atom is -0.462 e. The number of rotatable bonds is 44. The van der Waals surface area contributed by atoms with Gasteiger partial charge in [-0.1, -0.05) is 203 Å². The monoisotopic (exact) mass is 837 g/mol. The fourth-order valence-electron chi connectivity index (χ4n) is 6.66. The van der Waals surface area contributed by atoms with E-state index in [0.29, 0.717) is 19.3 Å². The van der Waals surface area contributed by atoms with Gasteiger partial charge in [0.15, 0.2) is 6.10 Å². The van der Waals surface area contributed by atoms with Crippen molar-refractivity contribution in [2.45, 2.75) is 239 Å². The van der Waals surface area contributed by atoms with E-state index in [4.69, 9.17) is 14.2 Å². The molecule has 1 unspecified atom stereocenters. The Kier molecular flexibility index (Phi) is 46.0. The topological polar surface area (TPSA) is 78.9 Å². The maximum Gasteiger partial charge on any atom is 0.306 e. The van der Waals surface area contributed by atoms with E-state index < -0.39 is 6.10 Å². The van der Waals surface area contributed by atoms with Gasteiger partial charge in [-0.15, -0.1) is 0 Å². The molecule has 0 aliphatic heterocycles. The van der Waals surface area contributed by atoms with E-state index in [-0.39, 0.29) is 37.5 Å². The molecule has 0 amide bonds. The summed E-state index contributed by atoms with van der Waals surface area (Å²) in [6.07, 6.45) is 60.3. The van der Waals surface area contributed by atoms with Crippen molar-refractivity contribution in [3.63, 3.8) is 0 Å². The van der Waals surface area contributed by atoms with Gasteiger partial charge < -0.3 is 14.2 Å². The SMILES string of the molecule is CCCCC/C=C\C=C/CCCCCCCCC(=O)OC(COC(=O)CCC/C=C\C/C=C\C/C=C\C/C=C\CCCCC)COC(=O)CCCCCCCCCCCC. The molecule has 0 spiro atoms. The largest absolute Gasteiger partial charge is 0.462 e. The van der Waals surface area contributed by atoms with Crippen LogP contribution in [0, 0.1) is 0 Å². The highest BCUT2D eigenvalue weighted by Gasteiger charge is 2.19. The average molecular weight is 837 g/mol. The van der Waals surface area contributed by atoms with Gasteiger partial charge >= 0.3 is 17.9 Å². The van der Waals surface area contributed by atoms with Crippen LogP contribution < -0.4 is 0 Å². The number of unbranched alkanes of at least 4 members (excludes halogenated alkanes) is 22. The Labute approximate surface area is 370 Å². The van der Waals surface area contributed by atoms with E-state index in [0.717, 1.165) is 77.0 Å². The number of carbonyl (C=O) groups is 3. The molecule has 0 aromatic rings. The minimum atomic E-state index is -0.800. The van der Waals surface area contributed by atoms with Crippen molar-refractivity contribution < 1.29 is 28.6 Å². The Morgan fingerprint density at radius 1 is 0.350 bits per heavy atom. The van der Waals surface area contributed by atoms with Crippen LogP contribution in [-0.4, -0.2) is 37.2 Å². The van der Waals surface area contributed by atoms with Crippen molar-refractivity contribution in [2.75, 3.05) is 13.2 Å². The number of hydrogen-bond acceptors (Lipinski definition) is 6. The minimum absolute atomic E-state index is 0.0963. The zero-order valence-electron chi connectivity index (χ0n) is 39.2. The number of carbonyl (C=O) groups excluding carboxylic acids is 3. The second-order valence-electron chi connectivity index (χ2n) is 16.4. The third kappa shape index (κ3) is 45.9. The summed E-state index contributed by atoms with van der Waals surface area (Å²) in [5, 5.41) is 0. The second kappa shape index (κ2) is 48.5. The quantitative estimate of drug-likeness (QED) is 0.0200. The van der Waals surface area contributed by atoms with Crippen molar-refractivity contribution in [1.82, 2.24) is 0 Å². The van der Waals surface area contributed by atoms with Crippen LogP contribution in [0.4, 0.5) is 0 Å². The summed E-state index contributed by atoms with van der Waals surface area (Å²) in [6.45, 7) is 6.50. The lowest BCUT2D eigenvalue weighted by atomic mass is 10.1. The van der Waals surface area contributed by atoms with E-state index in [1.807, 2.05) is 0 Å². The number of esters is 3. The summed E-state index contributed by atoms with van der Waals surface area (Å²) in [4.78, 5) is 37.8. The molecule has 0 aromatic heterocycles. The van der Waals surface area contributed by atoms with E-state index in [1.54, 1.807) is 0 Å². The molecular formula is C54H92O6. The zero-order valence-corrected chi connectivity index (χ0v) is 39.2. The molecule has 60 heavy (non-hydrogen) atoms. The Balaban J connectivity index is 4.47. The van der Waals surface area contributed by atoms with E-state index in [2.05, 4.69) is 93.7 Å².